The van der Waals surface area contributed by atoms with Gasteiger partial charge in [0.1, 0.15) is 5.75 Å². The van der Waals surface area contributed by atoms with Gasteiger partial charge in [-0.2, -0.15) is 0 Å². The normalized spacial score (nSPS) is 17.6. The van der Waals surface area contributed by atoms with E-state index in [1.165, 1.54) is 6.42 Å². The summed E-state index contributed by atoms with van der Waals surface area (Å²) in [4.78, 5) is 0. The van der Waals surface area contributed by atoms with Crippen molar-refractivity contribution in [3.63, 3.8) is 0 Å². The third-order valence-corrected chi connectivity index (χ3v) is 4.08. The molecule has 0 spiro atoms. The Hall–Kier alpha value is -0.540. The Kier molecular flexibility index (Phi) is 4.68. The number of hydrogen-bond donors (Lipinski definition) is 1. The molecule has 2 nitrogen and oxygen atoms in total. The second-order valence-corrected chi connectivity index (χ2v) is 6.67. The quantitative estimate of drug-likeness (QED) is 0.861. The van der Waals surface area contributed by atoms with Crippen LogP contribution in [0.2, 0.25) is 0 Å². The lowest BCUT2D eigenvalue weighted by atomic mass is 9.73. The molecule has 0 bridgehead atoms. The maximum atomic E-state index is 5.83. The second-order valence-electron chi connectivity index (χ2n) is 5.75. The van der Waals surface area contributed by atoms with Crippen molar-refractivity contribution in [3.8, 4) is 5.75 Å². The molecule has 0 atom stereocenters. The van der Waals surface area contributed by atoms with E-state index in [0.29, 0.717) is 5.41 Å². The molecule has 1 heterocycles. The van der Waals surface area contributed by atoms with Gasteiger partial charge in [-0.15, -0.1) is 0 Å². The van der Waals surface area contributed by atoms with Crippen molar-refractivity contribution < 1.29 is 4.74 Å². The van der Waals surface area contributed by atoms with E-state index in [4.69, 9.17) is 4.74 Å². The summed E-state index contributed by atoms with van der Waals surface area (Å²) in [6, 6.07) is 8.06. The van der Waals surface area contributed by atoms with E-state index in [2.05, 4.69) is 35.1 Å². The number of ether oxygens (including phenoxy) is 1. The van der Waals surface area contributed by atoms with Gasteiger partial charge in [0.25, 0.3) is 0 Å². The van der Waals surface area contributed by atoms with Crippen LogP contribution in [0, 0.1) is 11.3 Å². The molecule has 1 aromatic carbocycles. The summed E-state index contributed by atoms with van der Waals surface area (Å²) in [5.41, 5.74) is 0.476. The van der Waals surface area contributed by atoms with Crippen LogP contribution in [0.5, 0.6) is 5.75 Å². The molecule has 1 N–H and O–H groups in total. The minimum absolute atomic E-state index is 0.476. The van der Waals surface area contributed by atoms with Gasteiger partial charge in [-0.25, -0.2) is 0 Å². The number of halogens is 1. The lowest BCUT2D eigenvalue weighted by Crippen LogP contribution is -2.54. The van der Waals surface area contributed by atoms with Crippen molar-refractivity contribution >= 4 is 15.9 Å². The molecule has 1 aliphatic rings. The topological polar surface area (TPSA) is 21.3 Å². The van der Waals surface area contributed by atoms with Gasteiger partial charge in [-0.1, -0.05) is 29.8 Å². The van der Waals surface area contributed by atoms with Crippen LogP contribution in [0.1, 0.15) is 26.7 Å². The van der Waals surface area contributed by atoms with Gasteiger partial charge < -0.3 is 10.1 Å². The van der Waals surface area contributed by atoms with Crippen molar-refractivity contribution in [3.05, 3.63) is 28.7 Å². The predicted octanol–water partition coefficient (Wildman–Crippen LogP) is 3.85. The summed E-state index contributed by atoms with van der Waals surface area (Å²) < 4.78 is 6.92. The zero-order chi connectivity index (χ0) is 13.0. The van der Waals surface area contributed by atoms with Crippen LogP contribution < -0.4 is 10.1 Å². The fourth-order valence-electron chi connectivity index (χ4n) is 2.68. The second kappa shape index (κ2) is 6.07. The maximum Gasteiger partial charge on any atom is 0.119 e. The lowest BCUT2D eigenvalue weighted by molar-refractivity contribution is 0.0941. The Morgan fingerprint density at radius 2 is 1.94 bits per heavy atom. The molecule has 18 heavy (non-hydrogen) atoms. The first-order valence-corrected chi connectivity index (χ1v) is 7.48. The first kappa shape index (κ1) is 13.9. The molecular formula is C15H22BrNO. The van der Waals surface area contributed by atoms with Crippen LogP contribution in [0.4, 0.5) is 0 Å². The molecule has 0 radical (unpaired) electrons. The Morgan fingerprint density at radius 3 is 2.44 bits per heavy atom. The number of hydrogen-bond acceptors (Lipinski definition) is 2. The molecule has 0 unspecified atom stereocenters. The SMILES string of the molecule is CC(C)CC1(CCOc2ccc(Br)cc2)CNC1. The van der Waals surface area contributed by atoms with E-state index in [0.717, 1.165) is 42.3 Å². The molecule has 0 saturated carbocycles. The Bertz CT molecular complexity index is 371. The average Bonchev–Trinajstić information content (AvgIpc) is 2.28. The Morgan fingerprint density at radius 1 is 1.28 bits per heavy atom. The first-order valence-electron chi connectivity index (χ1n) is 6.69. The van der Waals surface area contributed by atoms with Crippen LogP contribution in [-0.4, -0.2) is 19.7 Å². The summed E-state index contributed by atoms with van der Waals surface area (Å²) in [6.45, 7) is 7.71. The molecule has 2 rings (SSSR count). The maximum absolute atomic E-state index is 5.83. The van der Waals surface area contributed by atoms with E-state index in [1.54, 1.807) is 0 Å². The molecule has 1 saturated heterocycles. The smallest absolute Gasteiger partial charge is 0.119 e. The molecule has 0 amide bonds. The molecule has 0 aromatic heterocycles. The van der Waals surface area contributed by atoms with Crippen molar-refractivity contribution in [2.45, 2.75) is 26.7 Å². The standard InChI is InChI=1S/C15H22BrNO/c1-12(2)9-15(10-17-11-15)7-8-18-14-5-3-13(16)4-6-14/h3-6,12,17H,7-11H2,1-2H3. The van der Waals surface area contributed by atoms with Gasteiger partial charge in [0, 0.05) is 17.6 Å². The number of rotatable bonds is 6. The summed E-state index contributed by atoms with van der Waals surface area (Å²) in [5.74, 6) is 1.73. The molecule has 1 fully saturated rings. The fourth-order valence-corrected chi connectivity index (χ4v) is 2.95. The van der Waals surface area contributed by atoms with Gasteiger partial charge >= 0.3 is 0 Å². The van der Waals surface area contributed by atoms with Crippen LogP contribution in [-0.2, 0) is 0 Å². The van der Waals surface area contributed by atoms with E-state index in [1.807, 2.05) is 24.3 Å². The van der Waals surface area contributed by atoms with Crippen molar-refractivity contribution in [2.24, 2.45) is 11.3 Å². The minimum Gasteiger partial charge on any atom is -0.494 e. The third kappa shape index (κ3) is 3.72. The van der Waals surface area contributed by atoms with E-state index in [9.17, 15) is 0 Å². The zero-order valence-corrected chi connectivity index (χ0v) is 12.8. The summed E-state index contributed by atoms with van der Waals surface area (Å²) in [5, 5.41) is 3.40. The Balaban J connectivity index is 1.78. The predicted molar refractivity (Wildman–Crippen MR) is 79.0 cm³/mol. The number of nitrogens with one attached hydrogen (secondary N) is 1. The first-order chi connectivity index (χ1) is 8.60. The lowest BCUT2D eigenvalue weighted by Gasteiger charge is -2.44. The van der Waals surface area contributed by atoms with Crippen LogP contribution in [0.25, 0.3) is 0 Å². The summed E-state index contributed by atoms with van der Waals surface area (Å²) in [6.07, 6.45) is 2.44. The summed E-state index contributed by atoms with van der Waals surface area (Å²) >= 11 is 3.43. The van der Waals surface area contributed by atoms with Crippen molar-refractivity contribution in [1.82, 2.24) is 5.32 Å². The monoisotopic (exact) mass is 311 g/mol. The van der Waals surface area contributed by atoms with Crippen LogP contribution >= 0.6 is 15.9 Å². The van der Waals surface area contributed by atoms with Crippen LogP contribution in [0.3, 0.4) is 0 Å². The number of benzene rings is 1. The van der Waals surface area contributed by atoms with Gasteiger partial charge in [0.15, 0.2) is 0 Å². The van der Waals surface area contributed by atoms with Gasteiger partial charge in [-0.3, -0.25) is 0 Å². The minimum atomic E-state index is 0.476. The van der Waals surface area contributed by atoms with Gasteiger partial charge in [0.05, 0.1) is 6.61 Å². The van der Waals surface area contributed by atoms with E-state index < -0.39 is 0 Å². The van der Waals surface area contributed by atoms with Crippen molar-refractivity contribution in [1.29, 1.82) is 0 Å². The highest BCUT2D eigenvalue weighted by atomic mass is 79.9. The zero-order valence-electron chi connectivity index (χ0n) is 11.2. The molecule has 1 aromatic rings. The molecule has 3 heteroatoms. The molecule has 100 valence electrons. The molecule has 0 aliphatic carbocycles. The average molecular weight is 312 g/mol. The molecular weight excluding hydrogens is 290 g/mol. The highest BCUT2D eigenvalue weighted by molar-refractivity contribution is 9.10. The highest BCUT2D eigenvalue weighted by Crippen LogP contribution is 2.34. The van der Waals surface area contributed by atoms with Crippen molar-refractivity contribution in [2.75, 3.05) is 19.7 Å². The van der Waals surface area contributed by atoms with Gasteiger partial charge in [-0.05, 0) is 48.4 Å². The largest absolute Gasteiger partial charge is 0.494 e. The Labute approximate surface area is 118 Å². The van der Waals surface area contributed by atoms with Gasteiger partial charge in [0.2, 0.25) is 0 Å². The molecule has 1 aliphatic heterocycles. The van der Waals surface area contributed by atoms with Crippen LogP contribution in [0.15, 0.2) is 28.7 Å². The van der Waals surface area contributed by atoms with E-state index >= 15 is 0 Å². The third-order valence-electron chi connectivity index (χ3n) is 3.56. The summed E-state index contributed by atoms with van der Waals surface area (Å²) in [7, 11) is 0. The fraction of sp³-hybridized carbons (Fsp3) is 0.600. The highest BCUT2D eigenvalue weighted by Gasteiger charge is 2.36. The van der Waals surface area contributed by atoms with E-state index in [-0.39, 0.29) is 0 Å².